The molecule has 0 bridgehead atoms. The van der Waals surface area contributed by atoms with Crippen molar-refractivity contribution in [1.29, 1.82) is 0 Å². The zero-order valence-electron chi connectivity index (χ0n) is 9.98. The molecule has 0 spiro atoms. The standard InChI is InChI=1S/C14H10Cl2O3/c1-19-13-5-3-9(15)7-10(13)8-2-4-12(16)11(6-8)14(17)18/h2-7H,1H3,(H,17,18). The van der Waals surface area contributed by atoms with E-state index in [0.29, 0.717) is 21.9 Å². The van der Waals surface area contributed by atoms with Gasteiger partial charge in [0.1, 0.15) is 5.75 Å². The highest BCUT2D eigenvalue weighted by atomic mass is 35.5. The molecule has 2 aromatic rings. The highest BCUT2D eigenvalue weighted by molar-refractivity contribution is 6.33. The van der Waals surface area contributed by atoms with Crippen molar-refractivity contribution < 1.29 is 14.6 Å². The largest absolute Gasteiger partial charge is 0.496 e. The average Bonchev–Trinajstić information content (AvgIpc) is 2.39. The summed E-state index contributed by atoms with van der Waals surface area (Å²) in [6.07, 6.45) is 0. The van der Waals surface area contributed by atoms with Gasteiger partial charge in [-0.15, -0.1) is 0 Å². The number of aromatic carboxylic acids is 1. The third kappa shape index (κ3) is 2.83. The van der Waals surface area contributed by atoms with Gasteiger partial charge in [-0.25, -0.2) is 4.79 Å². The second kappa shape index (κ2) is 5.51. The molecule has 98 valence electrons. The van der Waals surface area contributed by atoms with Crippen LogP contribution in [-0.4, -0.2) is 18.2 Å². The maximum absolute atomic E-state index is 11.1. The van der Waals surface area contributed by atoms with Gasteiger partial charge in [-0.1, -0.05) is 29.3 Å². The molecule has 0 unspecified atom stereocenters. The van der Waals surface area contributed by atoms with Crippen LogP contribution in [0.4, 0.5) is 0 Å². The number of halogens is 2. The van der Waals surface area contributed by atoms with Crippen LogP contribution < -0.4 is 4.74 Å². The summed E-state index contributed by atoms with van der Waals surface area (Å²) < 4.78 is 5.25. The van der Waals surface area contributed by atoms with Gasteiger partial charge in [0.05, 0.1) is 17.7 Å². The number of carboxylic acid groups (broad SMARTS) is 1. The van der Waals surface area contributed by atoms with Crippen molar-refractivity contribution in [3.05, 3.63) is 52.0 Å². The van der Waals surface area contributed by atoms with Crippen molar-refractivity contribution >= 4 is 29.2 Å². The van der Waals surface area contributed by atoms with Crippen LogP contribution in [0.2, 0.25) is 10.0 Å². The van der Waals surface area contributed by atoms with Gasteiger partial charge < -0.3 is 9.84 Å². The van der Waals surface area contributed by atoms with Crippen molar-refractivity contribution in [1.82, 2.24) is 0 Å². The monoisotopic (exact) mass is 296 g/mol. The van der Waals surface area contributed by atoms with Crippen LogP contribution in [0.25, 0.3) is 11.1 Å². The van der Waals surface area contributed by atoms with Crippen LogP contribution in [0.3, 0.4) is 0 Å². The normalized spacial score (nSPS) is 10.3. The molecule has 0 aliphatic carbocycles. The number of carboxylic acids is 1. The molecule has 2 aromatic carbocycles. The molecule has 3 nitrogen and oxygen atoms in total. The fraction of sp³-hybridized carbons (Fsp3) is 0.0714. The predicted octanol–water partition coefficient (Wildman–Crippen LogP) is 4.37. The van der Waals surface area contributed by atoms with Gasteiger partial charge in [-0.2, -0.15) is 0 Å². The van der Waals surface area contributed by atoms with Crippen molar-refractivity contribution in [2.45, 2.75) is 0 Å². The maximum Gasteiger partial charge on any atom is 0.337 e. The summed E-state index contributed by atoms with van der Waals surface area (Å²) >= 11 is 11.8. The van der Waals surface area contributed by atoms with Crippen LogP contribution in [-0.2, 0) is 0 Å². The minimum atomic E-state index is -1.08. The van der Waals surface area contributed by atoms with Gasteiger partial charge in [-0.05, 0) is 35.9 Å². The summed E-state index contributed by atoms with van der Waals surface area (Å²) in [5.41, 5.74) is 1.44. The third-order valence-corrected chi connectivity index (χ3v) is 3.23. The van der Waals surface area contributed by atoms with E-state index < -0.39 is 5.97 Å². The molecule has 19 heavy (non-hydrogen) atoms. The van der Waals surface area contributed by atoms with Crippen LogP contribution in [0.15, 0.2) is 36.4 Å². The fourth-order valence-electron chi connectivity index (χ4n) is 1.76. The molecule has 0 radical (unpaired) electrons. The van der Waals surface area contributed by atoms with Gasteiger partial charge in [0.25, 0.3) is 0 Å². The third-order valence-electron chi connectivity index (χ3n) is 2.67. The van der Waals surface area contributed by atoms with Crippen molar-refractivity contribution in [2.24, 2.45) is 0 Å². The van der Waals surface area contributed by atoms with Crippen LogP contribution >= 0.6 is 23.2 Å². The first-order valence-electron chi connectivity index (χ1n) is 5.39. The summed E-state index contributed by atoms with van der Waals surface area (Å²) in [5.74, 6) is -0.462. The van der Waals surface area contributed by atoms with E-state index in [4.69, 9.17) is 33.0 Å². The Morgan fingerprint density at radius 1 is 1.16 bits per heavy atom. The Kier molecular flexibility index (Phi) is 3.98. The summed E-state index contributed by atoms with van der Waals surface area (Å²) in [6, 6.07) is 9.92. The second-order valence-electron chi connectivity index (χ2n) is 3.84. The second-order valence-corrected chi connectivity index (χ2v) is 4.69. The SMILES string of the molecule is COc1ccc(Cl)cc1-c1ccc(Cl)c(C(=O)O)c1. The van der Waals surface area contributed by atoms with Gasteiger partial charge >= 0.3 is 5.97 Å². The molecule has 2 rings (SSSR count). The van der Waals surface area contributed by atoms with Gasteiger partial charge in [0.15, 0.2) is 0 Å². The van der Waals surface area contributed by atoms with Crippen LogP contribution in [0.1, 0.15) is 10.4 Å². The molecule has 0 aromatic heterocycles. The lowest BCUT2D eigenvalue weighted by molar-refractivity contribution is 0.0697. The Morgan fingerprint density at radius 2 is 1.89 bits per heavy atom. The quantitative estimate of drug-likeness (QED) is 0.915. The molecule has 0 saturated carbocycles. The first-order chi connectivity index (χ1) is 9.02. The number of carbonyl (C=O) groups is 1. The number of rotatable bonds is 3. The first kappa shape index (κ1) is 13.7. The van der Waals surface area contributed by atoms with Crippen LogP contribution in [0, 0.1) is 0 Å². The number of hydrogen-bond acceptors (Lipinski definition) is 2. The van der Waals surface area contributed by atoms with Gasteiger partial charge in [-0.3, -0.25) is 0 Å². The van der Waals surface area contributed by atoms with E-state index >= 15 is 0 Å². The smallest absolute Gasteiger partial charge is 0.337 e. The highest BCUT2D eigenvalue weighted by Gasteiger charge is 2.13. The topological polar surface area (TPSA) is 46.5 Å². The minimum Gasteiger partial charge on any atom is -0.496 e. The maximum atomic E-state index is 11.1. The van der Waals surface area contributed by atoms with Crippen molar-refractivity contribution in [3.8, 4) is 16.9 Å². The first-order valence-corrected chi connectivity index (χ1v) is 6.15. The Bertz CT molecular complexity index is 639. The molecule has 1 N–H and O–H groups in total. The average molecular weight is 297 g/mol. The number of hydrogen-bond donors (Lipinski definition) is 1. The predicted molar refractivity (Wildman–Crippen MR) is 75.4 cm³/mol. The number of methoxy groups -OCH3 is 1. The molecule has 0 heterocycles. The molecule has 0 saturated heterocycles. The summed E-state index contributed by atoms with van der Waals surface area (Å²) in [6.45, 7) is 0. The lowest BCUT2D eigenvalue weighted by Crippen LogP contribution is -1.98. The molecule has 0 amide bonds. The van der Waals surface area contributed by atoms with E-state index in [1.807, 2.05) is 0 Å². The Hall–Kier alpha value is -1.71. The van der Waals surface area contributed by atoms with Gasteiger partial charge in [0, 0.05) is 10.6 Å². The summed E-state index contributed by atoms with van der Waals surface area (Å²) in [7, 11) is 1.54. The molecule has 0 atom stereocenters. The Labute approximate surface area is 120 Å². The molecule has 0 fully saturated rings. The molecular weight excluding hydrogens is 287 g/mol. The van der Waals surface area contributed by atoms with Gasteiger partial charge in [0.2, 0.25) is 0 Å². The lowest BCUT2D eigenvalue weighted by Gasteiger charge is -2.10. The molecule has 0 aliphatic heterocycles. The zero-order chi connectivity index (χ0) is 14.0. The Morgan fingerprint density at radius 3 is 2.53 bits per heavy atom. The van der Waals surface area contributed by atoms with Crippen molar-refractivity contribution in [3.63, 3.8) is 0 Å². The van der Waals surface area contributed by atoms with E-state index in [-0.39, 0.29) is 10.6 Å². The van der Waals surface area contributed by atoms with E-state index in [1.54, 1.807) is 37.4 Å². The highest BCUT2D eigenvalue weighted by Crippen LogP contribution is 2.34. The molecule has 0 aliphatic rings. The van der Waals surface area contributed by atoms with Crippen LogP contribution in [0.5, 0.6) is 5.75 Å². The Balaban J connectivity index is 2.62. The minimum absolute atomic E-state index is 0.0428. The van der Waals surface area contributed by atoms with E-state index in [1.165, 1.54) is 6.07 Å². The number of benzene rings is 2. The summed E-state index contributed by atoms with van der Waals surface area (Å²) in [4.78, 5) is 11.1. The lowest BCUT2D eigenvalue weighted by atomic mass is 10.0. The van der Waals surface area contributed by atoms with E-state index in [0.717, 1.165) is 0 Å². The number of ether oxygens (including phenoxy) is 1. The van der Waals surface area contributed by atoms with E-state index in [2.05, 4.69) is 0 Å². The molecular formula is C14H10Cl2O3. The van der Waals surface area contributed by atoms with Crippen molar-refractivity contribution in [2.75, 3.05) is 7.11 Å². The molecule has 5 heteroatoms. The zero-order valence-corrected chi connectivity index (χ0v) is 11.5. The fourth-order valence-corrected chi connectivity index (χ4v) is 2.13. The van der Waals surface area contributed by atoms with E-state index in [9.17, 15) is 4.79 Å². The summed E-state index contributed by atoms with van der Waals surface area (Å²) in [5, 5.41) is 9.81.